The molecule has 0 saturated carbocycles. The number of hydrogen-bond donors (Lipinski definition) is 12. The zero-order valence-electron chi connectivity index (χ0n) is 27.5. The van der Waals surface area contributed by atoms with Gasteiger partial charge in [-0.05, 0) is 31.2 Å². The summed E-state index contributed by atoms with van der Waals surface area (Å²) in [7, 11) is 0. The fourth-order valence-corrected chi connectivity index (χ4v) is 6.28. The maximum atomic E-state index is 10.9. The van der Waals surface area contributed by atoms with Crippen LogP contribution in [0.1, 0.15) is 24.2 Å². The smallest absolute Gasteiger partial charge is 0.270 e. The van der Waals surface area contributed by atoms with E-state index in [1.54, 1.807) is 0 Å². The predicted molar refractivity (Wildman–Crippen MR) is 169 cm³/mol. The van der Waals surface area contributed by atoms with Crippen LogP contribution in [0.5, 0.6) is 23.0 Å². The van der Waals surface area contributed by atoms with Crippen LogP contribution in [-0.4, -0.2) is 171 Å². The van der Waals surface area contributed by atoms with Crippen LogP contribution in [0, 0.1) is 0 Å². The summed E-state index contributed by atoms with van der Waals surface area (Å²) in [6, 6.07) is 8.24. The Balaban J connectivity index is 1.29. The van der Waals surface area contributed by atoms with Crippen molar-refractivity contribution >= 4 is 6.08 Å². The van der Waals surface area contributed by atoms with Crippen molar-refractivity contribution in [3.05, 3.63) is 53.3 Å². The highest BCUT2D eigenvalue weighted by Crippen LogP contribution is 2.46. The van der Waals surface area contributed by atoms with E-state index in [0.29, 0.717) is 5.56 Å². The fraction of sp³-hybridized carbons (Fsp3) is 0.576. The first-order chi connectivity index (χ1) is 24.7. The number of aliphatic hydroxyl groups is 11. The monoisotopic (exact) mass is 743 g/mol. The van der Waals surface area contributed by atoms with Gasteiger partial charge in [0.2, 0.25) is 12.6 Å². The number of aromatic hydroxyl groups is 3. The molecule has 6 rings (SSSR count). The molecule has 0 bridgehead atoms. The molecule has 0 radical (unpaired) electrons. The average molecular weight is 744 g/mol. The van der Waals surface area contributed by atoms with Gasteiger partial charge in [-0.1, -0.05) is 0 Å². The van der Waals surface area contributed by atoms with Gasteiger partial charge in [-0.15, -0.1) is 0 Å². The summed E-state index contributed by atoms with van der Waals surface area (Å²) in [6.07, 6.45) is -23.4. The second-order valence-electron chi connectivity index (χ2n) is 13.0. The molecule has 3 saturated heterocycles. The summed E-state index contributed by atoms with van der Waals surface area (Å²) in [5, 5.41) is 124. The van der Waals surface area contributed by atoms with E-state index in [0.717, 1.165) is 6.07 Å². The van der Waals surface area contributed by atoms with Gasteiger partial charge >= 0.3 is 0 Å². The van der Waals surface area contributed by atoms with E-state index in [-0.39, 0.29) is 34.3 Å². The lowest BCUT2D eigenvalue weighted by molar-refractivity contribution is -0.325. The van der Waals surface area contributed by atoms with Crippen molar-refractivity contribution in [2.75, 3.05) is 13.2 Å². The van der Waals surface area contributed by atoms with Crippen molar-refractivity contribution in [2.24, 2.45) is 0 Å². The zero-order chi connectivity index (χ0) is 37.6. The third kappa shape index (κ3) is 7.52. The van der Waals surface area contributed by atoms with Gasteiger partial charge in [0.25, 0.3) is 11.9 Å². The quantitative estimate of drug-likeness (QED) is 0.110. The summed E-state index contributed by atoms with van der Waals surface area (Å²) < 4.78 is 38.9. The molecule has 4 aliphatic heterocycles. The number of phenolic OH excluding ortho intramolecular Hbond substituents is 2. The van der Waals surface area contributed by atoms with Gasteiger partial charge in [-0.2, -0.15) is 0 Å². The first kappa shape index (κ1) is 38.3. The molecule has 13 N–H and O–H groups in total. The van der Waals surface area contributed by atoms with Crippen LogP contribution in [0.3, 0.4) is 0 Å². The number of hydrogen-bond acceptors (Lipinski definition) is 18. The summed E-state index contributed by atoms with van der Waals surface area (Å²) in [4.78, 5) is 0. The minimum atomic E-state index is -1.85. The second kappa shape index (κ2) is 15.5. The normalized spacial score (nSPS) is 40.6. The van der Waals surface area contributed by atoms with Crippen molar-refractivity contribution in [1.29, 1.82) is 0 Å². The summed E-state index contributed by atoms with van der Waals surface area (Å²) in [5.74, 6) is -0.475. The van der Waals surface area contributed by atoms with Crippen LogP contribution in [0.2, 0.25) is 0 Å². The van der Waals surface area contributed by atoms with Crippen LogP contribution >= 0.6 is 0 Å². The Bertz CT molecular complexity index is 1550. The van der Waals surface area contributed by atoms with Gasteiger partial charge in [-0.25, -0.2) is 0 Å². The Morgan fingerprint density at radius 1 is 0.635 bits per heavy atom. The number of fused-ring (bicyclic) bond motifs is 1. The van der Waals surface area contributed by atoms with Gasteiger partial charge in [0.15, 0.2) is 12.0 Å². The molecule has 288 valence electrons. The van der Waals surface area contributed by atoms with Crippen molar-refractivity contribution in [2.45, 2.75) is 105 Å². The number of phenols is 2. The van der Waals surface area contributed by atoms with Crippen molar-refractivity contribution in [1.82, 2.24) is 0 Å². The Morgan fingerprint density at radius 2 is 1.21 bits per heavy atom. The van der Waals surface area contributed by atoms with Gasteiger partial charge in [-0.3, -0.25) is 0 Å². The van der Waals surface area contributed by atoms with E-state index in [9.17, 15) is 61.3 Å². The molecule has 2 aromatic carbocycles. The Hall–Kier alpha value is -3.38. The fourth-order valence-electron chi connectivity index (χ4n) is 6.28. The molecular weight excluding hydrogens is 700 g/mol. The van der Waals surface area contributed by atoms with Crippen molar-refractivity contribution in [3.63, 3.8) is 0 Å². The molecule has 0 amide bonds. The molecule has 52 heavy (non-hydrogen) atoms. The maximum absolute atomic E-state index is 10.9. The number of ether oxygens (including phenoxy) is 7. The lowest BCUT2D eigenvalue weighted by Crippen LogP contribution is -2.61. The lowest BCUT2D eigenvalue weighted by atomic mass is 9.98. The Morgan fingerprint density at radius 3 is 1.87 bits per heavy atom. The molecule has 4 heterocycles. The van der Waals surface area contributed by atoms with E-state index in [1.165, 1.54) is 43.3 Å². The minimum Gasteiger partial charge on any atom is -0.571 e. The zero-order valence-corrected chi connectivity index (χ0v) is 27.5. The summed E-state index contributed by atoms with van der Waals surface area (Å²) >= 11 is 0. The lowest BCUT2D eigenvalue weighted by Gasteiger charge is -2.42. The highest BCUT2D eigenvalue weighted by molar-refractivity contribution is 5.69. The molecule has 19 heteroatoms. The van der Waals surface area contributed by atoms with E-state index in [4.69, 9.17) is 28.4 Å². The van der Waals surface area contributed by atoms with Crippen LogP contribution in [-0.2, 0) is 23.7 Å². The van der Waals surface area contributed by atoms with E-state index in [2.05, 4.69) is 4.74 Å². The number of aliphatic hydroxyl groups excluding tert-OH is 10. The SMILES string of the molecule is CC1OC(OCC2OC(OC3=Cc4c(OC5OC(CO)C(O)C(O)C5O)cc(O)cc4[OH+]C3c3ccc(O)cc3)C(O)C(O)C2O)C(O)C(O)C1O. The third-order valence-electron chi connectivity index (χ3n) is 9.38. The van der Waals surface area contributed by atoms with Gasteiger partial charge in [0.1, 0.15) is 90.0 Å². The van der Waals surface area contributed by atoms with Gasteiger partial charge in [0.05, 0.1) is 30.9 Å². The minimum absolute atomic E-state index is 0.0492. The molecule has 16 unspecified atom stereocenters. The topological polar surface area (TPSA) is 311 Å². The molecule has 0 spiro atoms. The van der Waals surface area contributed by atoms with E-state index in [1.807, 2.05) is 0 Å². The molecule has 0 aliphatic carbocycles. The van der Waals surface area contributed by atoms with E-state index < -0.39 is 111 Å². The number of rotatable bonds is 9. The largest absolute Gasteiger partial charge is 0.571 e. The predicted octanol–water partition coefficient (Wildman–Crippen LogP) is -3.72. The standard InChI is InChI=1S/C33H42O19/c1-11-21(37)24(40)27(43)31(47-11)46-10-20-23(39)26(42)29(45)33(52-20)50-18-8-15-16(48-30(18)12-2-4-13(35)5-3-12)6-14(36)7-17(15)49-32-28(44)25(41)22(38)19(9-34)51-32/h2-8,11,19-45H,9-10H2,1H3/p+1. The van der Waals surface area contributed by atoms with Crippen molar-refractivity contribution < 1.29 is 94.4 Å². The Kier molecular flexibility index (Phi) is 11.5. The highest BCUT2D eigenvalue weighted by atomic mass is 16.7. The Labute approximate surface area is 295 Å². The van der Waals surface area contributed by atoms with E-state index >= 15 is 0 Å². The third-order valence-corrected chi connectivity index (χ3v) is 9.38. The molecule has 0 aromatic heterocycles. The summed E-state index contributed by atoms with van der Waals surface area (Å²) in [6.45, 7) is 0.171. The number of benzene rings is 2. The highest BCUT2D eigenvalue weighted by Gasteiger charge is 2.49. The van der Waals surface area contributed by atoms with Crippen LogP contribution in [0.25, 0.3) is 6.08 Å². The molecule has 16 atom stereocenters. The molecule has 3 fully saturated rings. The molecule has 19 nitrogen and oxygen atoms in total. The molecular formula is C33H43O19+. The molecule has 4 aliphatic rings. The second-order valence-corrected chi connectivity index (χ2v) is 13.0. The van der Waals surface area contributed by atoms with Crippen LogP contribution < -0.4 is 4.74 Å². The first-order valence-corrected chi connectivity index (χ1v) is 16.4. The van der Waals surface area contributed by atoms with Gasteiger partial charge < -0.3 is 94.4 Å². The summed E-state index contributed by atoms with van der Waals surface area (Å²) in [5.41, 5.74) is 0.572. The first-order valence-electron chi connectivity index (χ1n) is 16.4. The van der Waals surface area contributed by atoms with Crippen LogP contribution in [0.4, 0.5) is 0 Å². The molecule has 2 aromatic rings. The van der Waals surface area contributed by atoms with Gasteiger partial charge in [0, 0.05) is 12.1 Å². The maximum Gasteiger partial charge on any atom is 0.270 e. The van der Waals surface area contributed by atoms with Crippen LogP contribution in [0.15, 0.2) is 42.2 Å². The average Bonchev–Trinajstić information content (AvgIpc) is 3.12. The van der Waals surface area contributed by atoms with Crippen molar-refractivity contribution in [3.8, 4) is 23.0 Å².